The monoisotopic (exact) mass is 365 g/mol. The number of benzene rings is 1. The Bertz CT molecular complexity index is 370. The number of hydrogen-bond acceptors (Lipinski definition) is 3. The Kier molecular flexibility index (Phi) is 6.48. The quantitative estimate of drug-likeness (QED) is 0.812. The molecule has 0 saturated carbocycles. The average Bonchev–Trinajstić information content (AvgIpc) is 2.22. The topological polar surface area (TPSA) is 41.5 Å². The molecule has 0 aromatic heterocycles. The van der Waals surface area contributed by atoms with Crippen molar-refractivity contribution in [2.45, 2.75) is 26.5 Å². The van der Waals surface area contributed by atoms with E-state index in [0.29, 0.717) is 19.7 Å². The van der Waals surface area contributed by atoms with Crippen LogP contribution in [0, 0.1) is 0 Å². The third-order valence-corrected chi connectivity index (χ3v) is 3.18. The SMILES string of the molecule is CCOc1c(Br)cc(Br)cc1CNC[C@@H](C)O. The molecule has 1 atom stereocenters. The van der Waals surface area contributed by atoms with E-state index in [-0.39, 0.29) is 6.10 Å². The predicted molar refractivity (Wildman–Crippen MR) is 76.4 cm³/mol. The van der Waals surface area contributed by atoms with E-state index in [1.165, 1.54) is 0 Å². The van der Waals surface area contributed by atoms with Crippen molar-refractivity contribution >= 4 is 31.9 Å². The minimum atomic E-state index is -0.346. The fourth-order valence-corrected chi connectivity index (χ4v) is 2.89. The van der Waals surface area contributed by atoms with E-state index in [4.69, 9.17) is 4.74 Å². The van der Waals surface area contributed by atoms with Gasteiger partial charge in [-0.05, 0) is 41.9 Å². The predicted octanol–water partition coefficient (Wildman–Crippen LogP) is 3.08. The molecule has 0 radical (unpaired) electrons. The first kappa shape index (κ1) is 15.0. The van der Waals surface area contributed by atoms with Crippen LogP contribution >= 0.6 is 31.9 Å². The summed E-state index contributed by atoms with van der Waals surface area (Å²) in [6.07, 6.45) is -0.346. The molecule has 0 saturated heterocycles. The van der Waals surface area contributed by atoms with Crippen molar-refractivity contribution in [3.8, 4) is 5.75 Å². The smallest absolute Gasteiger partial charge is 0.138 e. The van der Waals surface area contributed by atoms with Crippen LogP contribution in [0.3, 0.4) is 0 Å². The van der Waals surface area contributed by atoms with Gasteiger partial charge in [-0.2, -0.15) is 0 Å². The van der Waals surface area contributed by atoms with E-state index in [9.17, 15) is 5.11 Å². The third kappa shape index (κ3) is 4.95. The van der Waals surface area contributed by atoms with Crippen molar-refractivity contribution in [1.29, 1.82) is 0 Å². The van der Waals surface area contributed by atoms with E-state index < -0.39 is 0 Å². The molecule has 0 heterocycles. The first-order valence-corrected chi connectivity index (χ1v) is 7.12. The third-order valence-electron chi connectivity index (χ3n) is 2.13. The second-order valence-electron chi connectivity index (χ2n) is 3.79. The van der Waals surface area contributed by atoms with Crippen molar-refractivity contribution in [1.82, 2.24) is 5.32 Å². The summed E-state index contributed by atoms with van der Waals surface area (Å²) in [5.74, 6) is 0.855. The molecule has 3 nitrogen and oxygen atoms in total. The van der Waals surface area contributed by atoms with Gasteiger partial charge >= 0.3 is 0 Å². The summed E-state index contributed by atoms with van der Waals surface area (Å²) in [6.45, 7) is 5.58. The van der Waals surface area contributed by atoms with Crippen LogP contribution in [0.5, 0.6) is 5.75 Å². The van der Waals surface area contributed by atoms with Gasteiger partial charge in [-0.25, -0.2) is 0 Å². The van der Waals surface area contributed by atoms with Gasteiger partial charge in [0.15, 0.2) is 0 Å². The summed E-state index contributed by atoms with van der Waals surface area (Å²) in [6, 6.07) is 3.98. The first-order chi connectivity index (χ1) is 8.04. The summed E-state index contributed by atoms with van der Waals surface area (Å²) in [4.78, 5) is 0. The van der Waals surface area contributed by atoms with Gasteiger partial charge in [0.05, 0.1) is 17.2 Å². The molecule has 0 aliphatic rings. The Hall–Kier alpha value is -0.100. The Balaban J connectivity index is 2.80. The molecule has 1 aromatic carbocycles. The van der Waals surface area contributed by atoms with Crippen LogP contribution in [-0.4, -0.2) is 24.4 Å². The molecule has 0 aliphatic carbocycles. The first-order valence-electron chi connectivity index (χ1n) is 5.54. The van der Waals surface area contributed by atoms with Gasteiger partial charge in [0.1, 0.15) is 5.75 Å². The molecule has 2 N–H and O–H groups in total. The number of rotatable bonds is 6. The van der Waals surface area contributed by atoms with Crippen molar-refractivity contribution < 1.29 is 9.84 Å². The molecule has 0 fully saturated rings. The lowest BCUT2D eigenvalue weighted by molar-refractivity contribution is 0.190. The highest BCUT2D eigenvalue weighted by Gasteiger charge is 2.09. The van der Waals surface area contributed by atoms with Gasteiger partial charge in [0, 0.05) is 23.1 Å². The molecule has 0 unspecified atom stereocenters. The second-order valence-corrected chi connectivity index (χ2v) is 5.56. The molecule has 5 heteroatoms. The molecule has 0 aliphatic heterocycles. The van der Waals surface area contributed by atoms with Crippen LogP contribution in [-0.2, 0) is 6.54 Å². The lowest BCUT2D eigenvalue weighted by Gasteiger charge is -2.14. The van der Waals surface area contributed by atoms with Gasteiger partial charge in [0.2, 0.25) is 0 Å². The second kappa shape index (κ2) is 7.36. The van der Waals surface area contributed by atoms with E-state index in [0.717, 1.165) is 20.3 Å². The van der Waals surface area contributed by atoms with Crippen LogP contribution in [0.2, 0.25) is 0 Å². The van der Waals surface area contributed by atoms with E-state index in [2.05, 4.69) is 37.2 Å². The minimum Gasteiger partial charge on any atom is -0.492 e. The normalized spacial score (nSPS) is 12.5. The maximum absolute atomic E-state index is 9.20. The summed E-state index contributed by atoms with van der Waals surface area (Å²) in [5.41, 5.74) is 1.06. The summed E-state index contributed by atoms with van der Waals surface area (Å²) in [7, 11) is 0. The molecule has 0 amide bonds. The van der Waals surface area contributed by atoms with Gasteiger partial charge < -0.3 is 15.2 Å². The number of aliphatic hydroxyl groups excluding tert-OH is 1. The fraction of sp³-hybridized carbons (Fsp3) is 0.500. The zero-order chi connectivity index (χ0) is 12.8. The zero-order valence-electron chi connectivity index (χ0n) is 9.96. The van der Waals surface area contributed by atoms with Gasteiger partial charge in [-0.3, -0.25) is 0 Å². The van der Waals surface area contributed by atoms with Gasteiger partial charge in [-0.1, -0.05) is 15.9 Å². The molecule has 17 heavy (non-hydrogen) atoms. The Morgan fingerprint density at radius 2 is 2.12 bits per heavy atom. The Morgan fingerprint density at radius 3 is 2.71 bits per heavy atom. The number of ether oxygens (including phenoxy) is 1. The largest absolute Gasteiger partial charge is 0.492 e. The van der Waals surface area contributed by atoms with Crippen LogP contribution in [0.25, 0.3) is 0 Å². The van der Waals surface area contributed by atoms with Crippen LogP contribution in [0.15, 0.2) is 21.1 Å². The number of halogens is 2. The number of aliphatic hydroxyl groups is 1. The molecule has 96 valence electrons. The molecule has 1 aromatic rings. The summed E-state index contributed by atoms with van der Waals surface area (Å²) < 4.78 is 7.54. The summed E-state index contributed by atoms with van der Waals surface area (Å²) >= 11 is 6.94. The van der Waals surface area contributed by atoms with Crippen molar-refractivity contribution in [3.05, 3.63) is 26.6 Å². The van der Waals surface area contributed by atoms with E-state index in [1.54, 1.807) is 6.92 Å². The molecular formula is C12H17Br2NO2. The van der Waals surface area contributed by atoms with Crippen LogP contribution in [0.1, 0.15) is 19.4 Å². The van der Waals surface area contributed by atoms with Crippen molar-refractivity contribution in [3.63, 3.8) is 0 Å². The van der Waals surface area contributed by atoms with E-state index >= 15 is 0 Å². The minimum absolute atomic E-state index is 0.346. The van der Waals surface area contributed by atoms with Gasteiger partial charge in [0.25, 0.3) is 0 Å². The van der Waals surface area contributed by atoms with Crippen LogP contribution in [0.4, 0.5) is 0 Å². The fourth-order valence-electron chi connectivity index (χ4n) is 1.47. The Morgan fingerprint density at radius 1 is 1.41 bits per heavy atom. The number of nitrogens with one attached hydrogen (secondary N) is 1. The number of hydrogen-bond donors (Lipinski definition) is 2. The Labute approximate surface area is 119 Å². The molecule has 0 bridgehead atoms. The highest BCUT2D eigenvalue weighted by Crippen LogP contribution is 2.32. The van der Waals surface area contributed by atoms with Gasteiger partial charge in [-0.15, -0.1) is 0 Å². The zero-order valence-corrected chi connectivity index (χ0v) is 13.1. The highest BCUT2D eigenvalue weighted by molar-refractivity contribution is 9.11. The average molecular weight is 367 g/mol. The summed E-state index contributed by atoms with van der Waals surface area (Å²) in [5, 5.41) is 12.4. The van der Waals surface area contributed by atoms with Crippen LogP contribution < -0.4 is 10.1 Å². The van der Waals surface area contributed by atoms with Crippen molar-refractivity contribution in [2.75, 3.05) is 13.2 Å². The van der Waals surface area contributed by atoms with E-state index in [1.807, 2.05) is 19.1 Å². The van der Waals surface area contributed by atoms with Crippen molar-refractivity contribution in [2.24, 2.45) is 0 Å². The molecule has 0 spiro atoms. The molecule has 1 rings (SSSR count). The standard InChI is InChI=1S/C12H17Br2NO2/c1-3-17-12-9(7-15-6-8(2)16)4-10(13)5-11(12)14/h4-5,8,15-16H,3,6-7H2,1-2H3/t8-/m1/s1. The lowest BCUT2D eigenvalue weighted by Crippen LogP contribution is -2.24. The maximum atomic E-state index is 9.20. The maximum Gasteiger partial charge on any atom is 0.138 e. The molecular weight excluding hydrogens is 350 g/mol. The lowest BCUT2D eigenvalue weighted by atomic mass is 10.2. The highest BCUT2D eigenvalue weighted by atomic mass is 79.9.